The van der Waals surface area contributed by atoms with Crippen molar-refractivity contribution in [2.45, 2.75) is 13.0 Å². The Balaban J connectivity index is 1.38. The van der Waals surface area contributed by atoms with Crippen LogP contribution >= 0.6 is 0 Å². The van der Waals surface area contributed by atoms with Crippen LogP contribution in [0.25, 0.3) is 10.8 Å². The maximum atomic E-state index is 12.6. The van der Waals surface area contributed by atoms with E-state index >= 15 is 0 Å². The van der Waals surface area contributed by atoms with E-state index in [1.54, 1.807) is 19.1 Å². The van der Waals surface area contributed by atoms with Gasteiger partial charge in [-0.3, -0.25) is 4.79 Å². The summed E-state index contributed by atoms with van der Waals surface area (Å²) < 4.78 is 10.8. The number of carbonyl (C=O) groups excluding carboxylic acids is 2. The number of amides is 1. The van der Waals surface area contributed by atoms with Gasteiger partial charge in [-0.15, -0.1) is 0 Å². The van der Waals surface area contributed by atoms with Gasteiger partial charge in [-0.25, -0.2) is 4.79 Å². The number of anilines is 2. The number of esters is 1. The Morgan fingerprint density at radius 3 is 2.43 bits per heavy atom. The van der Waals surface area contributed by atoms with Crippen molar-refractivity contribution in [2.75, 3.05) is 36.5 Å². The fourth-order valence-electron chi connectivity index (χ4n) is 3.50. The van der Waals surface area contributed by atoms with E-state index < -0.39 is 12.1 Å². The topological polar surface area (TPSA) is 67.9 Å². The number of morpholine rings is 1. The number of fused-ring (bicyclic) bond motifs is 1. The summed E-state index contributed by atoms with van der Waals surface area (Å²) in [4.78, 5) is 27.4. The van der Waals surface area contributed by atoms with E-state index in [1.807, 2.05) is 54.6 Å². The highest BCUT2D eigenvalue weighted by molar-refractivity contribution is 6.05. The molecule has 4 rings (SSSR count). The molecule has 0 saturated carbocycles. The van der Waals surface area contributed by atoms with Crippen LogP contribution in [0.1, 0.15) is 17.3 Å². The second kappa shape index (κ2) is 8.97. The molecule has 30 heavy (non-hydrogen) atoms. The number of ether oxygens (including phenoxy) is 2. The minimum atomic E-state index is -0.921. The molecule has 0 aromatic heterocycles. The van der Waals surface area contributed by atoms with Crippen molar-refractivity contribution in [3.8, 4) is 0 Å². The van der Waals surface area contributed by atoms with Crippen molar-refractivity contribution < 1.29 is 19.1 Å². The third-order valence-electron chi connectivity index (χ3n) is 5.17. The molecule has 3 aromatic rings. The Morgan fingerprint density at radius 2 is 1.67 bits per heavy atom. The zero-order valence-electron chi connectivity index (χ0n) is 16.8. The highest BCUT2D eigenvalue weighted by Crippen LogP contribution is 2.21. The van der Waals surface area contributed by atoms with E-state index in [-0.39, 0.29) is 5.91 Å². The molecule has 0 spiro atoms. The third-order valence-corrected chi connectivity index (χ3v) is 5.17. The standard InChI is InChI=1S/C24H24N2O4/c1-17(30-24(28)22-8-4-6-18-5-2-3-7-21(18)22)23(27)25-19-9-11-20(12-10-19)26-13-15-29-16-14-26/h2-12,17H,13-16H2,1H3,(H,25,27)/t17-/m1/s1. The highest BCUT2D eigenvalue weighted by Gasteiger charge is 2.20. The van der Waals surface area contributed by atoms with Gasteiger partial charge >= 0.3 is 5.97 Å². The second-order valence-corrected chi connectivity index (χ2v) is 7.21. The van der Waals surface area contributed by atoms with E-state index in [9.17, 15) is 9.59 Å². The maximum absolute atomic E-state index is 12.6. The number of rotatable bonds is 5. The van der Waals surface area contributed by atoms with E-state index in [2.05, 4.69) is 10.2 Å². The van der Waals surface area contributed by atoms with Gasteiger partial charge in [0, 0.05) is 24.5 Å². The van der Waals surface area contributed by atoms with E-state index in [4.69, 9.17) is 9.47 Å². The minimum absolute atomic E-state index is 0.372. The molecule has 1 amide bonds. The summed E-state index contributed by atoms with van der Waals surface area (Å²) in [6.45, 7) is 4.72. The summed E-state index contributed by atoms with van der Waals surface area (Å²) >= 11 is 0. The van der Waals surface area contributed by atoms with Gasteiger partial charge in [-0.05, 0) is 48.0 Å². The normalized spacial score (nSPS) is 14.9. The van der Waals surface area contributed by atoms with Crippen molar-refractivity contribution in [3.05, 3.63) is 72.3 Å². The molecule has 6 nitrogen and oxygen atoms in total. The second-order valence-electron chi connectivity index (χ2n) is 7.21. The molecular formula is C24H24N2O4. The number of carbonyl (C=O) groups is 2. The first-order chi connectivity index (χ1) is 14.6. The van der Waals surface area contributed by atoms with E-state index in [1.165, 1.54) is 0 Å². The lowest BCUT2D eigenvalue weighted by Gasteiger charge is -2.28. The fourth-order valence-corrected chi connectivity index (χ4v) is 3.50. The van der Waals surface area contributed by atoms with Crippen molar-refractivity contribution in [2.24, 2.45) is 0 Å². The zero-order chi connectivity index (χ0) is 20.9. The first kappa shape index (κ1) is 19.9. The molecule has 0 aliphatic carbocycles. The molecule has 1 saturated heterocycles. The Bertz CT molecular complexity index is 1040. The van der Waals surface area contributed by atoms with Gasteiger partial charge in [0.25, 0.3) is 5.91 Å². The molecule has 1 fully saturated rings. The predicted molar refractivity (Wildman–Crippen MR) is 117 cm³/mol. The minimum Gasteiger partial charge on any atom is -0.449 e. The number of nitrogens with one attached hydrogen (secondary N) is 1. The Kier molecular flexibility index (Phi) is 5.95. The van der Waals surface area contributed by atoms with Gasteiger partial charge in [-0.1, -0.05) is 36.4 Å². The molecule has 1 N–H and O–H groups in total. The third kappa shape index (κ3) is 4.44. The lowest BCUT2D eigenvalue weighted by Crippen LogP contribution is -2.36. The van der Waals surface area contributed by atoms with E-state index in [0.29, 0.717) is 11.3 Å². The molecule has 1 aliphatic rings. The summed E-state index contributed by atoms with van der Waals surface area (Å²) in [5.41, 5.74) is 2.19. The largest absolute Gasteiger partial charge is 0.449 e. The van der Waals surface area contributed by atoms with Gasteiger partial charge < -0.3 is 19.7 Å². The molecule has 6 heteroatoms. The van der Waals surface area contributed by atoms with E-state index in [0.717, 1.165) is 42.8 Å². The van der Waals surface area contributed by atoms with Gasteiger partial charge in [0.1, 0.15) is 0 Å². The Morgan fingerprint density at radius 1 is 0.967 bits per heavy atom. The van der Waals surface area contributed by atoms with Crippen LogP contribution < -0.4 is 10.2 Å². The van der Waals surface area contributed by atoms with Crippen molar-refractivity contribution in [1.82, 2.24) is 0 Å². The van der Waals surface area contributed by atoms with Crippen molar-refractivity contribution in [3.63, 3.8) is 0 Å². The summed E-state index contributed by atoms with van der Waals surface area (Å²) in [5, 5.41) is 4.56. The van der Waals surface area contributed by atoms with Gasteiger partial charge in [-0.2, -0.15) is 0 Å². The molecule has 0 unspecified atom stereocenters. The molecule has 1 heterocycles. The molecule has 1 atom stereocenters. The smallest absolute Gasteiger partial charge is 0.339 e. The quantitative estimate of drug-likeness (QED) is 0.654. The van der Waals surface area contributed by atoms with Crippen LogP contribution in [0.5, 0.6) is 0 Å². The molecule has 0 bridgehead atoms. The summed E-state index contributed by atoms with van der Waals surface area (Å²) in [7, 11) is 0. The monoisotopic (exact) mass is 404 g/mol. The SMILES string of the molecule is C[C@@H](OC(=O)c1cccc2ccccc12)C(=O)Nc1ccc(N2CCOCC2)cc1. The summed E-state index contributed by atoms with van der Waals surface area (Å²) in [6.07, 6.45) is -0.921. The van der Waals surface area contributed by atoms with Crippen LogP contribution in [-0.4, -0.2) is 44.3 Å². The van der Waals surface area contributed by atoms with Crippen LogP contribution in [-0.2, 0) is 14.3 Å². The zero-order valence-corrected chi connectivity index (χ0v) is 16.8. The first-order valence-corrected chi connectivity index (χ1v) is 10.0. The van der Waals surface area contributed by atoms with Gasteiger partial charge in [0.2, 0.25) is 0 Å². The molecule has 3 aromatic carbocycles. The lowest BCUT2D eigenvalue weighted by molar-refractivity contribution is -0.123. The molecule has 154 valence electrons. The van der Waals surface area contributed by atoms with Crippen LogP contribution in [0.4, 0.5) is 11.4 Å². The summed E-state index contributed by atoms with van der Waals surface area (Å²) in [5.74, 6) is -0.889. The fraction of sp³-hybridized carbons (Fsp3) is 0.250. The number of hydrogen-bond acceptors (Lipinski definition) is 5. The van der Waals surface area contributed by atoms with Crippen molar-refractivity contribution >= 4 is 34.0 Å². The average Bonchev–Trinajstić information content (AvgIpc) is 2.79. The summed E-state index contributed by atoms with van der Waals surface area (Å²) in [6, 6.07) is 20.7. The average molecular weight is 404 g/mol. The van der Waals surface area contributed by atoms with Crippen LogP contribution in [0.2, 0.25) is 0 Å². The number of nitrogens with zero attached hydrogens (tertiary/aromatic N) is 1. The lowest BCUT2D eigenvalue weighted by atomic mass is 10.0. The number of benzene rings is 3. The van der Waals surface area contributed by atoms with Gasteiger partial charge in [0.15, 0.2) is 6.10 Å². The molecular weight excluding hydrogens is 380 g/mol. The van der Waals surface area contributed by atoms with Crippen molar-refractivity contribution in [1.29, 1.82) is 0 Å². The number of hydrogen-bond donors (Lipinski definition) is 1. The first-order valence-electron chi connectivity index (χ1n) is 10.0. The maximum Gasteiger partial charge on any atom is 0.339 e. The molecule has 0 radical (unpaired) electrons. The van der Waals surface area contributed by atoms with Crippen LogP contribution in [0.3, 0.4) is 0 Å². The van der Waals surface area contributed by atoms with Gasteiger partial charge in [0.05, 0.1) is 18.8 Å². The highest BCUT2D eigenvalue weighted by atomic mass is 16.5. The van der Waals surface area contributed by atoms with Crippen LogP contribution in [0.15, 0.2) is 66.7 Å². The Labute approximate surface area is 175 Å². The predicted octanol–water partition coefficient (Wildman–Crippen LogP) is 3.86. The molecule has 1 aliphatic heterocycles. The Hall–Kier alpha value is -3.38. The van der Waals surface area contributed by atoms with Crippen LogP contribution in [0, 0.1) is 0 Å².